The van der Waals surface area contributed by atoms with E-state index in [0.717, 1.165) is 31.1 Å². The third-order valence-electron chi connectivity index (χ3n) is 4.83. The molecule has 1 aromatic carbocycles. The standard InChI is InChI=1S/C19H18N6O2/c1-26-14-5-4-12-6-7-24(11-13(12)9-14)16-10-17-21-18(15-3-2-8-27-15)23-25(17)19(20)22-16/h2-5,8-10H,6-7,11H2,1H3,(H2,20,22). The summed E-state index contributed by atoms with van der Waals surface area (Å²) in [6.45, 7) is 1.61. The van der Waals surface area contributed by atoms with Gasteiger partial charge in [0.05, 0.1) is 13.4 Å². The quantitative estimate of drug-likeness (QED) is 0.598. The number of methoxy groups -OCH3 is 1. The van der Waals surface area contributed by atoms with Crippen LogP contribution in [0.15, 0.2) is 47.1 Å². The van der Waals surface area contributed by atoms with Crippen molar-refractivity contribution in [3.8, 4) is 17.3 Å². The third-order valence-corrected chi connectivity index (χ3v) is 4.83. The van der Waals surface area contributed by atoms with E-state index in [1.165, 1.54) is 15.6 Å². The fourth-order valence-corrected chi connectivity index (χ4v) is 3.43. The highest BCUT2D eigenvalue weighted by Crippen LogP contribution is 2.28. The molecule has 1 aliphatic heterocycles. The monoisotopic (exact) mass is 362 g/mol. The van der Waals surface area contributed by atoms with Crippen LogP contribution >= 0.6 is 0 Å². The second-order valence-electron chi connectivity index (χ2n) is 6.46. The van der Waals surface area contributed by atoms with Crippen LogP contribution < -0.4 is 15.4 Å². The molecule has 0 saturated carbocycles. The number of aromatic nitrogens is 4. The number of nitrogens with two attached hydrogens (primary N) is 1. The average molecular weight is 362 g/mol. The van der Waals surface area contributed by atoms with Crippen LogP contribution in [0.4, 0.5) is 11.8 Å². The fraction of sp³-hybridized carbons (Fsp3) is 0.211. The summed E-state index contributed by atoms with van der Waals surface area (Å²) in [5.41, 5.74) is 9.35. The van der Waals surface area contributed by atoms with Crippen molar-refractivity contribution in [2.24, 2.45) is 0 Å². The number of fused-ring (bicyclic) bond motifs is 2. The van der Waals surface area contributed by atoms with E-state index in [1.54, 1.807) is 19.4 Å². The maximum Gasteiger partial charge on any atom is 0.225 e. The minimum Gasteiger partial charge on any atom is -0.497 e. The minimum absolute atomic E-state index is 0.296. The van der Waals surface area contributed by atoms with Crippen LogP contribution in [-0.4, -0.2) is 33.2 Å². The third kappa shape index (κ3) is 2.66. The maximum absolute atomic E-state index is 6.14. The number of benzene rings is 1. The molecule has 0 radical (unpaired) electrons. The maximum atomic E-state index is 6.14. The van der Waals surface area contributed by atoms with E-state index in [1.807, 2.05) is 18.2 Å². The highest BCUT2D eigenvalue weighted by atomic mass is 16.5. The van der Waals surface area contributed by atoms with Crippen LogP contribution in [0, 0.1) is 0 Å². The van der Waals surface area contributed by atoms with Gasteiger partial charge in [0.2, 0.25) is 11.8 Å². The molecule has 0 aliphatic carbocycles. The lowest BCUT2D eigenvalue weighted by Crippen LogP contribution is -2.31. The van der Waals surface area contributed by atoms with E-state index in [-0.39, 0.29) is 0 Å². The van der Waals surface area contributed by atoms with Crippen LogP contribution in [0.3, 0.4) is 0 Å². The Morgan fingerprint density at radius 2 is 2.07 bits per heavy atom. The molecule has 1 aliphatic rings. The number of furan rings is 1. The Labute approximate surface area is 155 Å². The molecule has 3 aromatic heterocycles. The molecular formula is C19H18N6O2. The smallest absolute Gasteiger partial charge is 0.225 e. The van der Waals surface area contributed by atoms with Gasteiger partial charge >= 0.3 is 0 Å². The largest absolute Gasteiger partial charge is 0.497 e. The van der Waals surface area contributed by atoms with Crippen molar-refractivity contribution in [3.05, 3.63) is 53.8 Å². The Hall–Kier alpha value is -3.55. The zero-order valence-electron chi connectivity index (χ0n) is 14.8. The molecule has 0 bridgehead atoms. The van der Waals surface area contributed by atoms with Crippen molar-refractivity contribution in [2.45, 2.75) is 13.0 Å². The predicted octanol–water partition coefficient (Wildman–Crippen LogP) is 2.54. The molecule has 0 fully saturated rings. The first kappa shape index (κ1) is 15.7. The molecule has 27 heavy (non-hydrogen) atoms. The highest BCUT2D eigenvalue weighted by molar-refractivity contribution is 5.60. The number of hydrogen-bond acceptors (Lipinski definition) is 7. The Kier molecular flexibility index (Phi) is 3.49. The molecule has 0 saturated heterocycles. The van der Waals surface area contributed by atoms with E-state index in [0.29, 0.717) is 23.2 Å². The highest BCUT2D eigenvalue weighted by Gasteiger charge is 2.20. The molecule has 5 rings (SSSR count). The predicted molar refractivity (Wildman–Crippen MR) is 101 cm³/mol. The number of anilines is 2. The zero-order valence-corrected chi connectivity index (χ0v) is 14.8. The van der Waals surface area contributed by atoms with E-state index in [4.69, 9.17) is 14.9 Å². The van der Waals surface area contributed by atoms with E-state index in [9.17, 15) is 0 Å². The normalized spacial score (nSPS) is 13.7. The summed E-state index contributed by atoms with van der Waals surface area (Å²) in [7, 11) is 1.68. The Balaban J connectivity index is 1.51. The van der Waals surface area contributed by atoms with Gasteiger partial charge in [0.15, 0.2) is 11.4 Å². The summed E-state index contributed by atoms with van der Waals surface area (Å²) in [6.07, 6.45) is 2.53. The second kappa shape index (κ2) is 6.01. The zero-order chi connectivity index (χ0) is 18.4. The first-order valence-corrected chi connectivity index (χ1v) is 8.69. The van der Waals surface area contributed by atoms with Crippen molar-refractivity contribution in [1.29, 1.82) is 0 Å². The van der Waals surface area contributed by atoms with Gasteiger partial charge in [-0.2, -0.15) is 9.50 Å². The van der Waals surface area contributed by atoms with Crippen LogP contribution in [0.2, 0.25) is 0 Å². The van der Waals surface area contributed by atoms with Gasteiger partial charge < -0.3 is 19.8 Å². The average Bonchev–Trinajstić information content (AvgIpc) is 3.36. The van der Waals surface area contributed by atoms with Crippen molar-refractivity contribution < 1.29 is 9.15 Å². The van der Waals surface area contributed by atoms with Gasteiger partial charge in [-0.25, -0.2) is 4.98 Å². The first-order valence-electron chi connectivity index (χ1n) is 8.69. The SMILES string of the molecule is COc1ccc2c(c1)CN(c1cc3nc(-c4ccco4)nn3c(N)n1)CC2. The summed E-state index contributed by atoms with van der Waals surface area (Å²) < 4.78 is 12.3. The van der Waals surface area contributed by atoms with Gasteiger partial charge in [0.1, 0.15) is 11.6 Å². The van der Waals surface area contributed by atoms with Gasteiger partial charge in [-0.1, -0.05) is 6.07 Å². The van der Waals surface area contributed by atoms with E-state index < -0.39 is 0 Å². The lowest BCUT2D eigenvalue weighted by molar-refractivity contribution is 0.413. The number of ether oxygens (including phenoxy) is 1. The molecule has 136 valence electrons. The summed E-state index contributed by atoms with van der Waals surface area (Å²) in [6, 6.07) is 11.7. The lowest BCUT2D eigenvalue weighted by atomic mass is 9.99. The fourth-order valence-electron chi connectivity index (χ4n) is 3.43. The first-order chi connectivity index (χ1) is 13.2. The van der Waals surface area contributed by atoms with Crippen LogP contribution in [0.5, 0.6) is 5.75 Å². The van der Waals surface area contributed by atoms with Crippen molar-refractivity contribution in [3.63, 3.8) is 0 Å². The minimum atomic E-state index is 0.296. The number of rotatable bonds is 3. The Bertz CT molecular complexity index is 1120. The Morgan fingerprint density at radius 1 is 1.15 bits per heavy atom. The van der Waals surface area contributed by atoms with Crippen molar-refractivity contribution >= 4 is 17.4 Å². The summed E-state index contributed by atoms with van der Waals surface area (Å²) in [4.78, 5) is 11.3. The van der Waals surface area contributed by atoms with Gasteiger partial charge in [-0.05, 0) is 41.8 Å². The number of hydrogen-bond donors (Lipinski definition) is 1. The molecule has 8 heteroatoms. The van der Waals surface area contributed by atoms with Crippen molar-refractivity contribution in [1.82, 2.24) is 19.6 Å². The summed E-state index contributed by atoms with van der Waals surface area (Å²) in [5.74, 6) is 3.02. The molecule has 8 nitrogen and oxygen atoms in total. The van der Waals surface area contributed by atoms with E-state index >= 15 is 0 Å². The van der Waals surface area contributed by atoms with Crippen LogP contribution in [-0.2, 0) is 13.0 Å². The number of nitrogen functional groups attached to an aromatic ring is 1. The lowest BCUT2D eigenvalue weighted by Gasteiger charge is -2.30. The van der Waals surface area contributed by atoms with Crippen LogP contribution in [0.25, 0.3) is 17.2 Å². The molecule has 0 spiro atoms. The molecule has 4 aromatic rings. The van der Waals surface area contributed by atoms with Crippen LogP contribution in [0.1, 0.15) is 11.1 Å². The van der Waals surface area contributed by atoms with Gasteiger partial charge in [-0.3, -0.25) is 0 Å². The molecule has 0 amide bonds. The second-order valence-corrected chi connectivity index (χ2v) is 6.46. The van der Waals surface area contributed by atoms with Gasteiger partial charge in [0, 0.05) is 19.2 Å². The van der Waals surface area contributed by atoms with Crippen molar-refractivity contribution in [2.75, 3.05) is 24.3 Å². The summed E-state index contributed by atoms with van der Waals surface area (Å²) in [5, 5.41) is 4.39. The number of nitrogens with zero attached hydrogens (tertiary/aromatic N) is 5. The summed E-state index contributed by atoms with van der Waals surface area (Å²) >= 11 is 0. The molecule has 0 unspecified atom stereocenters. The van der Waals surface area contributed by atoms with E-state index in [2.05, 4.69) is 32.1 Å². The van der Waals surface area contributed by atoms with Gasteiger partial charge in [0.25, 0.3) is 0 Å². The Morgan fingerprint density at radius 3 is 2.89 bits per heavy atom. The van der Waals surface area contributed by atoms with Gasteiger partial charge in [-0.15, -0.1) is 5.10 Å². The molecule has 0 atom stereocenters. The molecule has 4 heterocycles. The molecule has 2 N–H and O–H groups in total. The molecular weight excluding hydrogens is 344 g/mol. The topological polar surface area (TPSA) is 94.7 Å².